The highest BCUT2D eigenvalue weighted by Crippen LogP contribution is 2.32. The van der Waals surface area contributed by atoms with Gasteiger partial charge in [-0.25, -0.2) is 0 Å². The van der Waals surface area contributed by atoms with Crippen molar-refractivity contribution in [1.29, 1.82) is 0 Å². The van der Waals surface area contributed by atoms with Crippen LogP contribution in [-0.2, 0) is 16.0 Å². The zero-order chi connectivity index (χ0) is 11.5. The lowest BCUT2D eigenvalue weighted by Gasteiger charge is -2.03. The highest BCUT2D eigenvalue weighted by atomic mass is 32.1. The lowest BCUT2D eigenvalue weighted by atomic mass is 10.3. The molecule has 0 radical (unpaired) electrons. The number of hydrogen-bond acceptors (Lipinski definition) is 4. The fourth-order valence-electron chi connectivity index (χ4n) is 1.53. The summed E-state index contributed by atoms with van der Waals surface area (Å²) in [5.74, 6) is 0.665. The minimum atomic E-state index is -0.144. The van der Waals surface area contributed by atoms with Crippen LogP contribution in [0.5, 0.6) is 0 Å². The van der Waals surface area contributed by atoms with Crippen LogP contribution in [0.4, 0.5) is 0 Å². The SMILES string of the molecule is Cc1[nH]c(=S)sc1CC(=O)OCCC1CC1. The predicted molar refractivity (Wildman–Crippen MR) is 66.2 cm³/mol. The first kappa shape index (κ1) is 11.8. The zero-order valence-corrected chi connectivity index (χ0v) is 10.9. The van der Waals surface area contributed by atoms with Crippen molar-refractivity contribution in [3.8, 4) is 0 Å². The van der Waals surface area contributed by atoms with Crippen LogP contribution in [0, 0.1) is 16.8 Å². The Morgan fingerprint density at radius 1 is 1.62 bits per heavy atom. The minimum absolute atomic E-state index is 0.144. The van der Waals surface area contributed by atoms with Crippen LogP contribution in [0.3, 0.4) is 0 Å². The topological polar surface area (TPSA) is 42.1 Å². The van der Waals surface area contributed by atoms with E-state index in [0.29, 0.717) is 13.0 Å². The molecular formula is C11H15NO2S2. The monoisotopic (exact) mass is 257 g/mol. The molecule has 3 nitrogen and oxygen atoms in total. The third kappa shape index (κ3) is 3.42. The van der Waals surface area contributed by atoms with Crippen molar-refractivity contribution in [3.63, 3.8) is 0 Å². The second-order valence-electron chi connectivity index (χ2n) is 4.19. The van der Waals surface area contributed by atoms with Crippen molar-refractivity contribution in [1.82, 2.24) is 4.98 Å². The van der Waals surface area contributed by atoms with Gasteiger partial charge >= 0.3 is 5.97 Å². The van der Waals surface area contributed by atoms with E-state index in [-0.39, 0.29) is 5.97 Å². The number of aryl methyl sites for hydroxylation is 1. The molecule has 1 fully saturated rings. The number of H-pyrrole nitrogens is 1. The van der Waals surface area contributed by atoms with E-state index in [2.05, 4.69) is 4.98 Å². The van der Waals surface area contributed by atoms with Crippen LogP contribution < -0.4 is 0 Å². The molecule has 1 N–H and O–H groups in total. The summed E-state index contributed by atoms with van der Waals surface area (Å²) in [6.07, 6.45) is 3.97. The van der Waals surface area contributed by atoms with Crippen molar-refractivity contribution >= 4 is 29.5 Å². The van der Waals surface area contributed by atoms with Crippen molar-refractivity contribution in [3.05, 3.63) is 14.5 Å². The summed E-state index contributed by atoms with van der Waals surface area (Å²) in [7, 11) is 0. The maximum Gasteiger partial charge on any atom is 0.311 e. The van der Waals surface area contributed by atoms with Gasteiger partial charge in [-0.2, -0.15) is 0 Å². The zero-order valence-electron chi connectivity index (χ0n) is 9.25. The number of aromatic amines is 1. The van der Waals surface area contributed by atoms with Gasteiger partial charge in [-0.15, -0.1) is 11.3 Å². The molecule has 0 amide bonds. The van der Waals surface area contributed by atoms with Crippen molar-refractivity contribution in [2.45, 2.75) is 32.6 Å². The Hall–Kier alpha value is -0.680. The molecule has 0 unspecified atom stereocenters. The van der Waals surface area contributed by atoms with Crippen LogP contribution in [-0.4, -0.2) is 17.6 Å². The van der Waals surface area contributed by atoms with E-state index in [9.17, 15) is 4.79 Å². The summed E-state index contributed by atoms with van der Waals surface area (Å²) in [5.41, 5.74) is 0.981. The molecule has 1 aromatic heterocycles. The molecule has 2 rings (SSSR count). The van der Waals surface area contributed by atoms with Gasteiger partial charge in [-0.3, -0.25) is 4.79 Å². The predicted octanol–water partition coefficient (Wildman–Crippen LogP) is 3.00. The molecule has 1 aromatic rings. The van der Waals surface area contributed by atoms with Crippen molar-refractivity contribution in [2.24, 2.45) is 5.92 Å². The Labute approximate surface area is 104 Å². The molecule has 0 aliphatic heterocycles. The summed E-state index contributed by atoms with van der Waals surface area (Å²) in [6.45, 7) is 2.50. The van der Waals surface area contributed by atoms with E-state index in [1.54, 1.807) is 0 Å². The molecule has 5 heteroatoms. The lowest BCUT2D eigenvalue weighted by molar-refractivity contribution is -0.142. The number of ether oxygens (including phenoxy) is 1. The van der Waals surface area contributed by atoms with Gasteiger partial charge in [0.25, 0.3) is 0 Å². The fourth-order valence-corrected chi connectivity index (χ4v) is 2.81. The quantitative estimate of drug-likeness (QED) is 0.651. The molecule has 0 atom stereocenters. The number of hydrogen-bond donors (Lipinski definition) is 1. The summed E-state index contributed by atoms with van der Waals surface area (Å²) >= 11 is 6.47. The molecular weight excluding hydrogens is 242 g/mol. The highest BCUT2D eigenvalue weighted by Gasteiger charge is 2.21. The number of carbonyl (C=O) groups is 1. The Morgan fingerprint density at radius 2 is 2.38 bits per heavy atom. The normalized spacial score (nSPS) is 15.1. The first-order valence-electron chi connectivity index (χ1n) is 5.49. The summed E-state index contributed by atoms with van der Waals surface area (Å²) < 4.78 is 5.90. The van der Waals surface area contributed by atoms with Gasteiger partial charge in [-0.1, -0.05) is 12.8 Å². The highest BCUT2D eigenvalue weighted by molar-refractivity contribution is 7.73. The third-order valence-corrected chi connectivity index (χ3v) is 4.05. The number of carbonyl (C=O) groups excluding carboxylic acids is 1. The molecule has 0 bridgehead atoms. The Morgan fingerprint density at radius 3 is 2.94 bits per heavy atom. The van der Waals surface area contributed by atoms with Crippen LogP contribution in [0.1, 0.15) is 29.8 Å². The largest absolute Gasteiger partial charge is 0.465 e. The average molecular weight is 257 g/mol. The first-order chi connectivity index (χ1) is 7.65. The molecule has 16 heavy (non-hydrogen) atoms. The average Bonchev–Trinajstić information content (AvgIpc) is 2.95. The molecule has 88 valence electrons. The summed E-state index contributed by atoms with van der Waals surface area (Å²) in [6, 6.07) is 0. The van der Waals surface area contributed by atoms with Gasteiger partial charge in [0, 0.05) is 10.6 Å². The summed E-state index contributed by atoms with van der Waals surface area (Å²) in [5, 5.41) is 0. The van der Waals surface area contributed by atoms with Crippen LogP contribution >= 0.6 is 23.6 Å². The fraction of sp³-hybridized carbons (Fsp3) is 0.636. The number of aromatic nitrogens is 1. The number of rotatable bonds is 5. The van der Waals surface area contributed by atoms with Gasteiger partial charge in [0.15, 0.2) is 3.95 Å². The second-order valence-corrected chi connectivity index (χ2v) is 5.96. The van der Waals surface area contributed by atoms with Crippen LogP contribution in [0.25, 0.3) is 0 Å². The Kier molecular flexibility index (Phi) is 3.76. The van der Waals surface area contributed by atoms with Crippen LogP contribution in [0.15, 0.2) is 0 Å². The molecule has 1 aliphatic carbocycles. The molecule has 1 aliphatic rings. The minimum Gasteiger partial charge on any atom is -0.465 e. The van der Waals surface area contributed by atoms with Gasteiger partial charge < -0.3 is 9.72 Å². The molecule has 0 saturated heterocycles. The third-order valence-electron chi connectivity index (χ3n) is 2.71. The number of nitrogens with one attached hydrogen (secondary N) is 1. The Bertz CT molecular complexity index is 431. The Balaban J connectivity index is 1.77. The molecule has 1 heterocycles. The number of thiazole rings is 1. The molecule has 0 spiro atoms. The maximum absolute atomic E-state index is 11.5. The van der Waals surface area contributed by atoms with Gasteiger partial charge in [0.05, 0.1) is 13.0 Å². The van der Waals surface area contributed by atoms with E-state index in [1.165, 1.54) is 24.2 Å². The first-order valence-corrected chi connectivity index (χ1v) is 6.72. The van der Waals surface area contributed by atoms with Gasteiger partial charge in [-0.05, 0) is 31.5 Å². The summed E-state index contributed by atoms with van der Waals surface area (Å²) in [4.78, 5) is 15.5. The smallest absolute Gasteiger partial charge is 0.311 e. The van der Waals surface area contributed by atoms with E-state index in [0.717, 1.165) is 26.9 Å². The molecule has 0 aromatic carbocycles. The lowest BCUT2D eigenvalue weighted by Crippen LogP contribution is -2.09. The van der Waals surface area contributed by atoms with Crippen LogP contribution in [0.2, 0.25) is 0 Å². The van der Waals surface area contributed by atoms with E-state index < -0.39 is 0 Å². The molecule has 1 saturated carbocycles. The maximum atomic E-state index is 11.5. The van der Waals surface area contributed by atoms with Crippen molar-refractivity contribution < 1.29 is 9.53 Å². The van der Waals surface area contributed by atoms with E-state index in [4.69, 9.17) is 17.0 Å². The van der Waals surface area contributed by atoms with Gasteiger partial charge in [0.1, 0.15) is 0 Å². The van der Waals surface area contributed by atoms with Gasteiger partial charge in [0.2, 0.25) is 0 Å². The van der Waals surface area contributed by atoms with E-state index >= 15 is 0 Å². The van der Waals surface area contributed by atoms with E-state index in [1.807, 2.05) is 6.92 Å². The number of esters is 1. The van der Waals surface area contributed by atoms with Crippen molar-refractivity contribution in [2.75, 3.05) is 6.61 Å². The standard InChI is InChI=1S/C11H15NO2S2/c1-7-9(16-11(15)12-7)6-10(13)14-5-4-8-2-3-8/h8H,2-6H2,1H3,(H,12,15). The second kappa shape index (κ2) is 5.10.